The largest absolute Gasteiger partial charge is 0.455 e. The van der Waals surface area contributed by atoms with E-state index in [1.165, 1.54) is 0 Å². The molecule has 0 radical (unpaired) electrons. The van der Waals surface area contributed by atoms with Crippen molar-refractivity contribution >= 4 is 54.4 Å². The minimum atomic E-state index is -0.0522. The average molecular weight is 429 g/mol. The molecule has 0 unspecified atom stereocenters. The summed E-state index contributed by atoms with van der Waals surface area (Å²) in [5, 5.41) is 1.10. The number of fused-ring (bicyclic) bond motifs is 1. The average Bonchev–Trinajstić information content (AvgIpc) is 2.46. The molecule has 3 rings (SSSR count). The molecule has 1 heterocycles. The highest BCUT2D eigenvalue weighted by atomic mass is 79.9. The van der Waals surface area contributed by atoms with Gasteiger partial charge in [-0.05, 0) is 43.3 Å². The van der Waals surface area contributed by atoms with E-state index in [1.807, 2.05) is 18.2 Å². The van der Waals surface area contributed by atoms with E-state index in [0.29, 0.717) is 32.9 Å². The Morgan fingerprint density at radius 3 is 2.48 bits per heavy atom. The van der Waals surface area contributed by atoms with Gasteiger partial charge in [0.25, 0.3) is 0 Å². The zero-order chi connectivity index (χ0) is 15.1. The van der Waals surface area contributed by atoms with Gasteiger partial charge < -0.3 is 4.42 Å². The van der Waals surface area contributed by atoms with Crippen LogP contribution in [0.2, 0.25) is 5.02 Å². The Bertz CT molecular complexity index is 916. The molecule has 5 heteroatoms. The molecule has 0 atom stereocenters. The van der Waals surface area contributed by atoms with E-state index in [4.69, 9.17) is 16.0 Å². The molecule has 0 aliphatic rings. The first-order chi connectivity index (χ1) is 9.97. The minimum Gasteiger partial charge on any atom is -0.455 e. The molecule has 2 nitrogen and oxygen atoms in total. The molecule has 0 aliphatic heterocycles. The van der Waals surface area contributed by atoms with Gasteiger partial charge in [-0.1, -0.05) is 43.5 Å². The Labute approximate surface area is 143 Å². The highest BCUT2D eigenvalue weighted by molar-refractivity contribution is 9.10. The summed E-state index contributed by atoms with van der Waals surface area (Å²) in [6.45, 7) is 1.75. The molecule has 0 aliphatic carbocycles. The standard InChI is InChI=1S/C16H9Br2ClO2/c1-8-15(20)12-7-10(18)3-5-14(12)21-16(8)11-6-9(17)2-4-13(11)19/h2-7H,1H3. The van der Waals surface area contributed by atoms with Crippen molar-refractivity contribution < 1.29 is 4.42 Å². The Morgan fingerprint density at radius 2 is 1.71 bits per heavy atom. The molecule has 3 aromatic rings. The lowest BCUT2D eigenvalue weighted by Crippen LogP contribution is -2.07. The van der Waals surface area contributed by atoms with Crippen LogP contribution in [0.4, 0.5) is 0 Å². The summed E-state index contributed by atoms with van der Waals surface area (Å²) in [7, 11) is 0. The molecule has 0 amide bonds. The van der Waals surface area contributed by atoms with E-state index in [1.54, 1.807) is 25.1 Å². The van der Waals surface area contributed by atoms with E-state index in [0.717, 1.165) is 8.95 Å². The molecule has 1 aromatic heterocycles. The van der Waals surface area contributed by atoms with Crippen LogP contribution in [0.25, 0.3) is 22.3 Å². The highest BCUT2D eigenvalue weighted by Crippen LogP contribution is 2.33. The maximum absolute atomic E-state index is 12.5. The predicted molar refractivity (Wildman–Crippen MR) is 93.1 cm³/mol. The van der Waals surface area contributed by atoms with Crippen LogP contribution in [-0.4, -0.2) is 0 Å². The van der Waals surface area contributed by atoms with Gasteiger partial charge in [0.2, 0.25) is 0 Å². The molecule has 0 bridgehead atoms. The fourth-order valence-corrected chi connectivity index (χ4v) is 3.11. The van der Waals surface area contributed by atoms with E-state index >= 15 is 0 Å². The lowest BCUT2D eigenvalue weighted by atomic mass is 10.1. The van der Waals surface area contributed by atoms with E-state index in [9.17, 15) is 4.79 Å². The normalized spacial score (nSPS) is 11.0. The molecule has 0 spiro atoms. The quantitative estimate of drug-likeness (QED) is 0.480. The summed E-state index contributed by atoms with van der Waals surface area (Å²) >= 11 is 13.0. The van der Waals surface area contributed by atoms with Crippen LogP contribution in [0.1, 0.15) is 5.56 Å². The Morgan fingerprint density at radius 1 is 1.05 bits per heavy atom. The van der Waals surface area contributed by atoms with Gasteiger partial charge in [0, 0.05) is 20.1 Å². The first-order valence-corrected chi connectivity index (χ1v) is 8.12. The second-order valence-electron chi connectivity index (χ2n) is 4.65. The number of rotatable bonds is 1. The van der Waals surface area contributed by atoms with Crippen molar-refractivity contribution in [2.24, 2.45) is 0 Å². The van der Waals surface area contributed by atoms with Gasteiger partial charge in [0.1, 0.15) is 11.3 Å². The van der Waals surface area contributed by atoms with E-state index in [2.05, 4.69) is 31.9 Å². The van der Waals surface area contributed by atoms with Crippen molar-refractivity contribution in [2.45, 2.75) is 6.92 Å². The van der Waals surface area contributed by atoms with Crippen LogP contribution in [0, 0.1) is 6.92 Å². The van der Waals surface area contributed by atoms with Crippen LogP contribution in [-0.2, 0) is 0 Å². The van der Waals surface area contributed by atoms with E-state index < -0.39 is 0 Å². The zero-order valence-corrected chi connectivity index (χ0v) is 14.8. The fourth-order valence-electron chi connectivity index (χ4n) is 2.19. The van der Waals surface area contributed by atoms with Gasteiger partial charge in [0.05, 0.1) is 10.4 Å². The second-order valence-corrected chi connectivity index (χ2v) is 6.89. The minimum absolute atomic E-state index is 0.0522. The summed E-state index contributed by atoms with van der Waals surface area (Å²) in [6.07, 6.45) is 0. The van der Waals surface area contributed by atoms with Gasteiger partial charge in [-0.2, -0.15) is 0 Å². The lowest BCUT2D eigenvalue weighted by molar-refractivity contribution is 0.614. The van der Waals surface area contributed by atoms with Crippen molar-refractivity contribution in [3.8, 4) is 11.3 Å². The van der Waals surface area contributed by atoms with Crippen molar-refractivity contribution in [1.82, 2.24) is 0 Å². The van der Waals surface area contributed by atoms with Crippen molar-refractivity contribution in [1.29, 1.82) is 0 Å². The number of halogens is 3. The van der Waals surface area contributed by atoms with Crippen LogP contribution in [0.3, 0.4) is 0 Å². The Kier molecular flexibility index (Phi) is 3.95. The summed E-state index contributed by atoms with van der Waals surface area (Å²) in [5.41, 5.74) is 1.73. The summed E-state index contributed by atoms with van der Waals surface area (Å²) in [4.78, 5) is 12.5. The molecule has 0 saturated heterocycles. The third kappa shape index (κ3) is 2.68. The van der Waals surface area contributed by atoms with Crippen LogP contribution < -0.4 is 5.43 Å². The maximum atomic E-state index is 12.5. The van der Waals surface area contributed by atoms with Gasteiger partial charge in [-0.3, -0.25) is 4.79 Å². The van der Waals surface area contributed by atoms with Gasteiger partial charge in [0.15, 0.2) is 5.43 Å². The predicted octanol–water partition coefficient (Wildman–Crippen LogP) is 5.95. The Balaban J connectivity index is 2.39. The number of hydrogen-bond donors (Lipinski definition) is 0. The van der Waals surface area contributed by atoms with Crippen molar-refractivity contribution in [3.63, 3.8) is 0 Å². The molecule has 21 heavy (non-hydrogen) atoms. The molecule has 2 aromatic carbocycles. The molecule has 0 N–H and O–H groups in total. The van der Waals surface area contributed by atoms with Crippen LogP contribution >= 0.6 is 43.5 Å². The van der Waals surface area contributed by atoms with E-state index in [-0.39, 0.29) is 5.43 Å². The second kappa shape index (κ2) is 5.59. The monoisotopic (exact) mass is 426 g/mol. The molecule has 0 fully saturated rings. The van der Waals surface area contributed by atoms with Crippen molar-refractivity contribution in [3.05, 3.63) is 66.2 Å². The molecular weight excluding hydrogens is 419 g/mol. The fraction of sp³-hybridized carbons (Fsp3) is 0.0625. The van der Waals surface area contributed by atoms with Crippen LogP contribution in [0.15, 0.2) is 54.6 Å². The van der Waals surface area contributed by atoms with Crippen LogP contribution in [0.5, 0.6) is 0 Å². The maximum Gasteiger partial charge on any atom is 0.196 e. The molecule has 0 saturated carbocycles. The third-order valence-electron chi connectivity index (χ3n) is 3.25. The van der Waals surface area contributed by atoms with Gasteiger partial charge in [-0.15, -0.1) is 0 Å². The number of benzene rings is 2. The first-order valence-electron chi connectivity index (χ1n) is 6.16. The summed E-state index contributed by atoms with van der Waals surface area (Å²) < 4.78 is 7.64. The van der Waals surface area contributed by atoms with Gasteiger partial charge in [-0.25, -0.2) is 0 Å². The zero-order valence-electron chi connectivity index (χ0n) is 10.9. The first kappa shape index (κ1) is 14.8. The molecular formula is C16H9Br2ClO2. The smallest absolute Gasteiger partial charge is 0.196 e. The van der Waals surface area contributed by atoms with Crippen molar-refractivity contribution in [2.75, 3.05) is 0 Å². The Hall–Kier alpha value is -1.10. The summed E-state index contributed by atoms with van der Waals surface area (Å²) in [5.74, 6) is 0.501. The highest BCUT2D eigenvalue weighted by Gasteiger charge is 2.15. The SMILES string of the molecule is Cc1c(-c2cc(Br)ccc2Cl)oc2ccc(Br)cc2c1=O. The third-order valence-corrected chi connectivity index (χ3v) is 4.57. The lowest BCUT2D eigenvalue weighted by Gasteiger charge is -2.09. The summed E-state index contributed by atoms with van der Waals surface area (Å²) in [6, 6.07) is 10.8. The number of hydrogen-bond acceptors (Lipinski definition) is 2. The van der Waals surface area contributed by atoms with Gasteiger partial charge >= 0.3 is 0 Å². The topological polar surface area (TPSA) is 30.2 Å². The molecule has 106 valence electrons.